The summed E-state index contributed by atoms with van der Waals surface area (Å²) in [6.45, 7) is 8.34. The van der Waals surface area contributed by atoms with Gasteiger partial charge < -0.3 is 9.05 Å². The molecule has 4 heteroatoms. The van der Waals surface area contributed by atoms with Crippen molar-refractivity contribution in [3.8, 4) is 0 Å². The summed E-state index contributed by atoms with van der Waals surface area (Å²) in [5.41, 5.74) is 3.74. The van der Waals surface area contributed by atoms with Crippen LogP contribution in [0.1, 0.15) is 40.5 Å². The molecule has 120 valence electrons. The monoisotopic (exact) mass is 312 g/mol. The Balaban J connectivity index is 4.40. The Kier molecular flexibility index (Phi) is 10.3. The zero-order chi connectivity index (χ0) is 16.3. The highest BCUT2D eigenvalue weighted by molar-refractivity contribution is 7.54. The summed E-state index contributed by atoms with van der Waals surface area (Å²) in [7, 11) is -0.133. The largest absolute Gasteiger partial charge is 0.333 e. The molecule has 3 nitrogen and oxygen atoms in total. The summed E-state index contributed by atoms with van der Waals surface area (Å²) in [5.74, 6) is 0. The van der Waals surface area contributed by atoms with Crippen molar-refractivity contribution in [2.24, 2.45) is 0 Å². The maximum absolute atomic E-state index is 11.9. The van der Waals surface area contributed by atoms with Crippen LogP contribution in [0.4, 0.5) is 0 Å². The molecule has 0 aromatic heterocycles. The van der Waals surface area contributed by atoms with Gasteiger partial charge in [-0.05, 0) is 40.5 Å². The Morgan fingerprint density at radius 1 is 1.05 bits per heavy atom. The molecule has 0 aromatic carbocycles. The molecular formula is C17H29O3P. The summed E-state index contributed by atoms with van der Waals surface area (Å²) >= 11 is 0. The standard InChI is InChI=1S/C17H29O3P/c1-15(2)9-7-10-16(3)11-8-12-17(4)13-14-21(18,19-5)20-6/h8-9,11-13H,7,10,14H2,1-6H3/b12-8+,16-11+,17-13+. The van der Waals surface area contributed by atoms with Crippen molar-refractivity contribution in [1.29, 1.82) is 0 Å². The van der Waals surface area contributed by atoms with Gasteiger partial charge in [0.2, 0.25) is 0 Å². The van der Waals surface area contributed by atoms with E-state index < -0.39 is 7.60 Å². The number of hydrogen-bond acceptors (Lipinski definition) is 3. The van der Waals surface area contributed by atoms with Crippen LogP contribution in [0.25, 0.3) is 0 Å². The topological polar surface area (TPSA) is 35.5 Å². The maximum Gasteiger partial charge on any atom is 0.333 e. The number of allylic oxidation sites excluding steroid dienone is 8. The van der Waals surface area contributed by atoms with Crippen LogP contribution in [0.3, 0.4) is 0 Å². The van der Waals surface area contributed by atoms with E-state index in [0.717, 1.165) is 18.4 Å². The fourth-order valence-electron chi connectivity index (χ4n) is 1.58. The third-order valence-corrected chi connectivity index (χ3v) is 4.77. The van der Waals surface area contributed by atoms with E-state index in [-0.39, 0.29) is 0 Å². The fraction of sp³-hybridized carbons (Fsp3) is 0.529. The summed E-state index contributed by atoms with van der Waals surface area (Å²) in [6, 6.07) is 0. The summed E-state index contributed by atoms with van der Waals surface area (Å²) in [5, 5.41) is 0. The Hall–Kier alpha value is -0.890. The molecule has 0 aliphatic carbocycles. The minimum atomic E-state index is -2.94. The Bertz CT molecular complexity index is 458. The highest BCUT2D eigenvalue weighted by Gasteiger charge is 2.18. The lowest BCUT2D eigenvalue weighted by atomic mass is 10.1. The first-order chi connectivity index (χ1) is 9.83. The van der Waals surface area contributed by atoms with Crippen molar-refractivity contribution < 1.29 is 13.6 Å². The van der Waals surface area contributed by atoms with E-state index in [0.29, 0.717) is 6.16 Å². The van der Waals surface area contributed by atoms with Crippen LogP contribution in [0.15, 0.2) is 47.1 Å². The van der Waals surface area contributed by atoms with Crippen molar-refractivity contribution in [1.82, 2.24) is 0 Å². The highest BCUT2D eigenvalue weighted by Crippen LogP contribution is 2.46. The average molecular weight is 312 g/mol. The molecule has 0 aliphatic heterocycles. The van der Waals surface area contributed by atoms with Crippen LogP contribution >= 0.6 is 7.60 Å². The molecule has 0 aliphatic rings. The molecule has 0 heterocycles. The molecule has 0 N–H and O–H groups in total. The van der Waals surface area contributed by atoms with E-state index in [9.17, 15) is 4.57 Å². The van der Waals surface area contributed by atoms with Crippen LogP contribution in [0.2, 0.25) is 0 Å². The first-order valence-electron chi connectivity index (χ1n) is 7.17. The molecule has 0 saturated heterocycles. The van der Waals surface area contributed by atoms with E-state index in [1.54, 1.807) is 0 Å². The third kappa shape index (κ3) is 10.5. The number of hydrogen-bond donors (Lipinski definition) is 0. The Labute approximate surface area is 130 Å². The molecule has 0 fully saturated rings. The second-order valence-electron chi connectivity index (χ2n) is 5.30. The van der Waals surface area contributed by atoms with Gasteiger partial charge in [-0.3, -0.25) is 4.57 Å². The highest BCUT2D eigenvalue weighted by atomic mass is 31.2. The lowest BCUT2D eigenvalue weighted by molar-refractivity contribution is 0.279. The predicted octanol–water partition coefficient (Wildman–Crippen LogP) is 5.67. The quantitative estimate of drug-likeness (QED) is 0.313. The lowest BCUT2D eigenvalue weighted by Gasteiger charge is -2.10. The van der Waals surface area contributed by atoms with E-state index in [2.05, 4.69) is 32.9 Å². The molecular weight excluding hydrogens is 283 g/mol. The van der Waals surface area contributed by atoms with Crippen molar-refractivity contribution >= 4 is 7.60 Å². The van der Waals surface area contributed by atoms with Gasteiger partial charge >= 0.3 is 7.60 Å². The SMILES string of the molecule is COP(=O)(C/C=C(C)/C=C/C=C(\C)CCC=C(C)C)OC. The zero-order valence-electron chi connectivity index (χ0n) is 14.2. The van der Waals surface area contributed by atoms with Gasteiger partial charge in [-0.25, -0.2) is 0 Å². The van der Waals surface area contributed by atoms with Gasteiger partial charge in [0.1, 0.15) is 0 Å². The van der Waals surface area contributed by atoms with Gasteiger partial charge in [0, 0.05) is 14.2 Å². The van der Waals surface area contributed by atoms with Crippen LogP contribution in [-0.4, -0.2) is 20.4 Å². The molecule has 0 rings (SSSR count). The Morgan fingerprint density at radius 3 is 2.19 bits per heavy atom. The van der Waals surface area contributed by atoms with E-state index >= 15 is 0 Å². The minimum Gasteiger partial charge on any atom is -0.312 e. The van der Waals surface area contributed by atoms with Gasteiger partial charge in [-0.2, -0.15) is 0 Å². The van der Waals surface area contributed by atoms with Crippen LogP contribution in [-0.2, 0) is 13.6 Å². The summed E-state index contributed by atoms with van der Waals surface area (Å²) in [4.78, 5) is 0. The second kappa shape index (κ2) is 10.8. The van der Waals surface area contributed by atoms with Gasteiger partial charge in [0.05, 0.1) is 6.16 Å². The maximum atomic E-state index is 11.9. The number of rotatable bonds is 9. The van der Waals surface area contributed by atoms with E-state index in [1.165, 1.54) is 25.4 Å². The van der Waals surface area contributed by atoms with E-state index in [4.69, 9.17) is 9.05 Å². The molecule has 0 atom stereocenters. The van der Waals surface area contributed by atoms with Gasteiger partial charge in [0.15, 0.2) is 0 Å². The summed E-state index contributed by atoms with van der Waals surface area (Å²) in [6.07, 6.45) is 12.7. The first-order valence-corrected chi connectivity index (χ1v) is 8.90. The average Bonchev–Trinajstić information content (AvgIpc) is 2.44. The molecule has 0 unspecified atom stereocenters. The van der Waals surface area contributed by atoms with Gasteiger partial charge in [0.25, 0.3) is 0 Å². The molecule has 0 amide bonds. The van der Waals surface area contributed by atoms with Gasteiger partial charge in [-0.1, -0.05) is 47.1 Å². The van der Waals surface area contributed by atoms with Crippen LogP contribution < -0.4 is 0 Å². The molecule has 0 spiro atoms. The van der Waals surface area contributed by atoms with Crippen molar-refractivity contribution in [3.63, 3.8) is 0 Å². The van der Waals surface area contributed by atoms with Crippen LogP contribution in [0, 0.1) is 0 Å². The van der Waals surface area contributed by atoms with Crippen molar-refractivity contribution in [3.05, 3.63) is 47.1 Å². The fourth-order valence-corrected chi connectivity index (χ4v) is 2.54. The predicted molar refractivity (Wildman–Crippen MR) is 91.8 cm³/mol. The van der Waals surface area contributed by atoms with Crippen molar-refractivity contribution in [2.45, 2.75) is 40.5 Å². The summed E-state index contributed by atoms with van der Waals surface area (Å²) < 4.78 is 21.7. The smallest absolute Gasteiger partial charge is 0.312 e. The minimum absolute atomic E-state index is 0.291. The zero-order valence-corrected chi connectivity index (χ0v) is 15.1. The van der Waals surface area contributed by atoms with Gasteiger partial charge in [-0.15, -0.1) is 0 Å². The Morgan fingerprint density at radius 2 is 1.67 bits per heavy atom. The first kappa shape index (κ1) is 20.1. The second-order valence-corrected chi connectivity index (χ2v) is 7.62. The van der Waals surface area contributed by atoms with Crippen LogP contribution in [0.5, 0.6) is 0 Å². The normalized spacial score (nSPS) is 13.8. The van der Waals surface area contributed by atoms with E-state index in [1.807, 2.05) is 25.2 Å². The molecule has 21 heavy (non-hydrogen) atoms. The molecule has 0 aromatic rings. The third-order valence-electron chi connectivity index (χ3n) is 3.02. The molecule has 0 radical (unpaired) electrons. The van der Waals surface area contributed by atoms with Crippen molar-refractivity contribution in [2.75, 3.05) is 20.4 Å². The molecule has 0 bridgehead atoms. The lowest BCUT2D eigenvalue weighted by Crippen LogP contribution is -1.92. The molecule has 0 saturated carbocycles.